The SMILES string of the molecule is CCNC(=O)COc1cccc(NC(=O)c2cccc(Nc3ncccn3)c2)c1. The van der Waals surface area contributed by atoms with Crippen molar-refractivity contribution in [3.63, 3.8) is 0 Å². The van der Waals surface area contributed by atoms with Crippen LogP contribution in [0.3, 0.4) is 0 Å². The number of hydrogen-bond donors (Lipinski definition) is 3. The standard InChI is InChI=1S/C21H21N5O3/c1-2-22-19(27)14-29-18-9-4-8-17(13-18)25-20(28)15-6-3-7-16(12-15)26-21-23-10-5-11-24-21/h3-13H,2,14H2,1H3,(H,22,27)(H,25,28)(H,23,24,26). The molecule has 0 aliphatic rings. The maximum Gasteiger partial charge on any atom is 0.257 e. The zero-order valence-corrected chi connectivity index (χ0v) is 15.9. The Bertz CT molecular complexity index is 979. The summed E-state index contributed by atoms with van der Waals surface area (Å²) in [4.78, 5) is 32.3. The van der Waals surface area contributed by atoms with Gasteiger partial charge in [0.2, 0.25) is 5.95 Å². The van der Waals surface area contributed by atoms with E-state index >= 15 is 0 Å². The Morgan fingerprint density at radius 1 is 0.966 bits per heavy atom. The molecule has 0 radical (unpaired) electrons. The molecule has 8 heteroatoms. The molecule has 0 bridgehead atoms. The lowest BCUT2D eigenvalue weighted by atomic mass is 10.2. The van der Waals surface area contributed by atoms with Crippen molar-refractivity contribution in [3.05, 3.63) is 72.6 Å². The van der Waals surface area contributed by atoms with Crippen molar-refractivity contribution >= 4 is 29.1 Å². The average Bonchev–Trinajstić information content (AvgIpc) is 2.74. The number of hydrogen-bond acceptors (Lipinski definition) is 6. The predicted molar refractivity (Wildman–Crippen MR) is 110 cm³/mol. The molecular weight excluding hydrogens is 370 g/mol. The van der Waals surface area contributed by atoms with Gasteiger partial charge in [0.05, 0.1) is 0 Å². The lowest BCUT2D eigenvalue weighted by Crippen LogP contribution is -2.28. The van der Waals surface area contributed by atoms with Gasteiger partial charge in [-0.2, -0.15) is 0 Å². The van der Waals surface area contributed by atoms with E-state index in [9.17, 15) is 9.59 Å². The number of rotatable bonds is 8. The molecule has 2 amide bonds. The fraction of sp³-hybridized carbons (Fsp3) is 0.143. The minimum atomic E-state index is -0.275. The number of benzene rings is 2. The van der Waals surface area contributed by atoms with Crippen molar-refractivity contribution in [2.24, 2.45) is 0 Å². The minimum Gasteiger partial charge on any atom is -0.484 e. The highest BCUT2D eigenvalue weighted by atomic mass is 16.5. The van der Waals surface area contributed by atoms with Crippen LogP contribution in [-0.4, -0.2) is 34.9 Å². The average molecular weight is 391 g/mol. The van der Waals surface area contributed by atoms with Crippen molar-refractivity contribution in [3.8, 4) is 5.75 Å². The molecule has 148 valence electrons. The summed E-state index contributed by atoms with van der Waals surface area (Å²) in [5.74, 6) is 0.463. The Hall–Kier alpha value is -3.94. The van der Waals surface area contributed by atoms with Crippen LogP contribution in [-0.2, 0) is 4.79 Å². The summed E-state index contributed by atoms with van der Waals surface area (Å²) in [7, 11) is 0. The highest BCUT2D eigenvalue weighted by Crippen LogP contribution is 2.19. The molecule has 1 aromatic heterocycles. The molecule has 0 unspecified atom stereocenters. The number of amides is 2. The second kappa shape index (κ2) is 9.84. The van der Waals surface area contributed by atoms with Crippen LogP contribution in [0.15, 0.2) is 67.0 Å². The van der Waals surface area contributed by atoms with E-state index in [2.05, 4.69) is 25.9 Å². The molecule has 0 saturated carbocycles. The first kappa shape index (κ1) is 19.8. The van der Waals surface area contributed by atoms with Crippen molar-refractivity contribution in [1.82, 2.24) is 15.3 Å². The second-order valence-electron chi connectivity index (χ2n) is 6.00. The van der Waals surface area contributed by atoms with Crippen LogP contribution in [0.4, 0.5) is 17.3 Å². The third-order valence-electron chi connectivity index (χ3n) is 3.78. The Kier molecular flexibility index (Phi) is 6.72. The lowest BCUT2D eigenvalue weighted by Gasteiger charge is -2.10. The molecule has 0 spiro atoms. The van der Waals surface area contributed by atoms with Crippen LogP contribution in [0.1, 0.15) is 17.3 Å². The van der Waals surface area contributed by atoms with Gasteiger partial charge < -0.3 is 20.7 Å². The Morgan fingerprint density at radius 2 is 1.72 bits per heavy atom. The largest absolute Gasteiger partial charge is 0.484 e. The van der Waals surface area contributed by atoms with Gasteiger partial charge in [0.1, 0.15) is 5.75 Å². The third-order valence-corrected chi connectivity index (χ3v) is 3.78. The predicted octanol–water partition coefficient (Wildman–Crippen LogP) is 2.99. The first-order valence-electron chi connectivity index (χ1n) is 9.09. The van der Waals surface area contributed by atoms with E-state index in [0.717, 1.165) is 0 Å². The normalized spacial score (nSPS) is 10.1. The number of nitrogens with one attached hydrogen (secondary N) is 3. The molecule has 3 aromatic rings. The number of ether oxygens (including phenoxy) is 1. The van der Waals surface area contributed by atoms with Gasteiger partial charge in [0, 0.05) is 41.9 Å². The van der Waals surface area contributed by atoms with Gasteiger partial charge in [-0.1, -0.05) is 12.1 Å². The molecule has 0 fully saturated rings. The maximum atomic E-state index is 12.6. The van der Waals surface area contributed by atoms with E-state index < -0.39 is 0 Å². The number of nitrogens with zero attached hydrogens (tertiary/aromatic N) is 2. The number of anilines is 3. The third kappa shape index (κ3) is 6.03. The van der Waals surface area contributed by atoms with Crippen molar-refractivity contribution < 1.29 is 14.3 Å². The molecule has 0 atom stereocenters. The van der Waals surface area contributed by atoms with Crippen LogP contribution in [0.25, 0.3) is 0 Å². The van der Waals surface area contributed by atoms with Gasteiger partial charge in [-0.05, 0) is 43.3 Å². The highest BCUT2D eigenvalue weighted by molar-refractivity contribution is 6.04. The van der Waals surface area contributed by atoms with Crippen LogP contribution >= 0.6 is 0 Å². The van der Waals surface area contributed by atoms with Gasteiger partial charge in [0.25, 0.3) is 11.8 Å². The Balaban J connectivity index is 1.63. The highest BCUT2D eigenvalue weighted by Gasteiger charge is 2.09. The fourth-order valence-corrected chi connectivity index (χ4v) is 2.49. The van der Waals surface area contributed by atoms with Crippen molar-refractivity contribution in [1.29, 1.82) is 0 Å². The molecule has 8 nitrogen and oxygen atoms in total. The molecule has 3 N–H and O–H groups in total. The van der Waals surface area contributed by atoms with E-state index in [0.29, 0.717) is 35.2 Å². The van der Waals surface area contributed by atoms with E-state index in [4.69, 9.17) is 4.74 Å². The molecule has 1 heterocycles. The van der Waals surface area contributed by atoms with Crippen LogP contribution in [0.2, 0.25) is 0 Å². The first-order valence-corrected chi connectivity index (χ1v) is 9.09. The van der Waals surface area contributed by atoms with Gasteiger partial charge in [0.15, 0.2) is 6.61 Å². The quantitative estimate of drug-likeness (QED) is 0.545. The summed E-state index contributed by atoms with van der Waals surface area (Å²) in [5.41, 5.74) is 1.73. The van der Waals surface area contributed by atoms with Gasteiger partial charge in [-0.15, -0.1) is 0 Å². The number of aromatic nitrogens is 2. The molecule has 29 heavy (non-hydrogen) atoms. The summed E-state index contributed by atoms with van der Waals surface area (Å²) in [6, 6.07) is 15.6. The lowest BCUT2D eigenvalue weighted by molar-refractivity contribution is -0.122. The smallest absolute Gasteiger partial charge is 0.257 e. The number of carbonyl (C=O) groups is 2. The monoisotopic (exact) mass is 391 g/mol. The molecular formula is C21H21N5O3. The number of likely N-dealkylation sites (N-methyl/N-ethyl adjacent to an activating group) is 1. The minimum absolute atomic E-state index is 0.0828. The van der Waals surface area contributed by atoms with Crippen molar-refractivity contribution in [2.75, 3.05) is 23.8 Å². The van der Waals surface area contributed by atoms with E-state index in [-0.39, 0.29) is 18.4 Å². The van der Waals surface area contributed by atoms with Crippen LogP contribution in [0, 0.1) is 0 Å². The molecule has 3 rings (SSSR count). The van der Waals surface area contributed by atoms with Gasteiger partial charge in [-0.3, -0.25) is 9.59 Å². The summed E-state index contributed by atoms with van der Waals surface area (Å²) < 4.78 is 5.45. The summed E-state index contributed by atoms with van der Waals surface area (Å²) >= 11 is 0. The zero-order valence-electron chi connectivity index (χ0n) is 15.9. The molecule has 0 aliphatic heterocycles. The van der Waals surface area contributed by atoms with E-state index in [1.165, 1.54) is 0 Å². The Morgan fingerprint density at radius 3 is 2.52 bits per heavy atom. The molecule has 0 saturated heterocycles. The molecule has 0 aliphatic carbocycles. The maximum absolute atomic E-state index is 12.6. The van der Waals surface area contributed by atoms with E-state index in [1.54, 1.807) is 60.9 Å². The summed E-state index contributed by atoms with van der Waals surface area (Å²) in [6.45, 7) is 2.30. The van der Waals surface area contributed by atoms with E-state index in [1.807, 2.05) is 13.0 Å². The zero-order chi connectivity index (χ0) is 20.5. The van der Waals surface area contributed by atoms with Gasteiger partial charge in [-0.25, -0.2) is 9.97 Å². The first-order chi connectivity index (χ1) is 14.1. The second-order valence-corrected chi connectivity index (χ2v) is 6.00. The summed E-state index contributed by atoms with van der Waals surface area (Å²) in [6.07, 6.45) is 3.26. The van der Waals surface area contributed by atoms with Crippen molar-refractivity contribution in [2.45, 2.75) is 6.92 Å². The Labute approximate surface area is 168 Å². The number of carbonyl (C=O) groups excluding carboxylic acids is 2. The topological polar surface area (TPSA) is 105 Å². The van der Waals surface area contributed by atoms with Crippen LogP contribution in [0.5, 0.6) is 5.75 Å². The molecule has 2 aromatic carbocycles. The van der Waals surface area contributed by atoms with Gasteiger partial charge >= 0.3 is 0 Å². The van der Waals surface area contributed by atoms with Crippen LogP contribution < -0.4 is 20.7 Å². The summed E-state index contributed by atoms with van der Waals surface area (Å²) in [5, 5.41) is 8.53. The fourth-order valence-electron chi connectivity index (χ4n) is 2.49.